The Morgan fingerprint density at radius 1 is 0.767 bits per heavy atom. The molecular weight excluding hydrogens is 378 g/mol. The highest BCUT2D eigenvalue weighted by Crippen LogP contribution is 2.17. The van der Waals surface area contributed by atoms with Gasteiger partial charge in [0.2, 0.25) is 0 Å². The van der Waals surface area contributed by atoms with Crippen molar-refractivity contribution in [2.75, 3.05) is 41.7 Å². The van der Waals surface area contributed by atoms with Crippen LogP contribution in [0.25, 0.3) is 0 Å². The van der Waals surface area contributed by atoms with Gasteiger partial charge in [0, 0.05) is 61.2 Å². The molecule has 0 atom stereocenters. The summed E-state index contributed by atoms with van der Waals surface area (Å²) in [4.78, 5) is 33.1. The van der Waals surface area contributed by atoms with E-state index in [0.29, 0.717) is 30.0 Å². The van der Waals surface area contributed by atoms with Crippen molar-refractivity contribution in [1.29, 1.82) is 0 Å². The van der Waals surface area contributed by atoms with E-state index in [-0.39, 0.29) is 11.9 Å². The standard InChI is InChI=1S/C23H23N5O2/c29-22(25-19-9-11-24-12-10-19)18-5-4-6-20(17-18)26-23(30)28-15-13-27(14-16-28)21-7-2-1-3-8-21/h1-12,17H,13-16H2,(H,26,30)(H,24,25,29). The van der Waals surface area contributed by atoms with E-state index in [2.05, 4.69) is 32.7 Å². The van der Waals surface area contributed by atoms with E-state index in [9.17, 15) is 9.59 Å². The normalized spacial score (nSPS) is 13.6. The number of nitrogens with one attached hydrogen (secondary N) is 2. The number of hydrogen-bond acceptors (Lipinski definition) is 4. The number of carbonyl (C=O) groups is 2. The van der Waals surface area contributed by atoms with Gasteiger partial charge in [0.1, 0.15) is 0 Å². The number of benzene rings is 2. The summed E-state index contributed by atoms with van der Waals surface area (Å²) in [6, 6.07) is 20.4. The van der Waals surface area contributed by atoms with Crippen molar-refractivity contribution < 1.29 is 9.59 Å². The SMILES string of the molecule is O=C(Nc1ccncc1)c1cccc(NC(=O)N2CCN(c3ccccc3)CC2)c1. The molecule has 3 amide bonds. The molecule has 1 aliphatic rings. The van der Waals surface area contributed by atoms with Gasteiger partial charge in [0.25, 0.3) is 5.91 Å². The Labute approximate surface area is 175 Å². The zero-order valence-electron chi connectivity index (χ0n) is 16.5. The second-order valence-corrected chi connectivity index (χ2v) is 7.01. The van der Waals surface area contributed by atoms with E-state index >= 15 is 0 Å². The van der Waals surface area contributed by atoms with Crippen molar-refractivity contribution in [3.63, 3.8) is 0 Å². The van der Waals surface area contributed by atoms with Crippen molar-refractivity contribution in [3.05, 3.63) is 84.7 Å². The Balaban J connectivity index is 1.34. The highest BCUT2D eigenvalue weighted by Gasteiger charge is 2.21. The fraction of sp³-hybridized carbons (Fsp3) is 0.174. The molecule has 3 aromatic rings. The second kappa shape index (κ2) is 9.09. The van der Waals surface area contributed by atoms with Gasteiger partial charge in [-0.15, -0.1) is 0 Å². The first kappa shape index (κ1) is 19.4. The number of nitrogens with zero attached hydrogens (tertiary/aromatic N) is 3. The highest BCUT2D eigenvalue weighted by atomic mass is 16.2. The first-order valence-corrected chi connectivity index (χ1v) is 9.86. The van der Waals surface area contributed by atoms with Crippen molar-refractivity contribution in [2.45, 2.75) is 0 Å². The predicted molar refractivity (Wildman–Crippen MR) is 118 cm³/mol. The molecule has 30 heavy (non-hydrogen) atoms. The van der Waals surface area contributed by atoms with Gasteiger partial charge in [0.05, 0.1) is 0 Å². The predicted octanol–water partition coefficient (Wildman–Crippen LogP) is 3.69. The van der Waals surface area contributed by atoms with Crippen LogP contribution in [-0.2, 0) is 0 Å². The largest absolute Gasteiger partial charge is 0.368 e. The van der Waals surface area contributed by atoms with Gasteiger partial charge in [-0.3, -0.25) is 9.78 Å². The van der Waals surface area contributed by atoms with Crippen LogP contribution in [0.2, 0.25) is 0 Å². The van der Waals surface area contributed by atoms with Crippen molar-refractivity contribution in [1.82, 2.24) is 9.88 Å². The molecule has 0 aliphatic carbocycles. The van der Waals surface area contributed by atoms with Crippen LogP contribution in [0.5, 0.6) is 0 Å². The van der Waals surface area contributed by atoms with Crippen molar-refractivity contribution in [2.24, 2.45) is 0 Å². The molecule has 0 unspecified atom stereocenters. The summed E-state index contributed by atoms with van der Waals surface area (Å²) >= 11 is 0. The molecule has 1 aliphatic heterocycles. The van der Waals surface area contributed by atoms with Crippen LogP contribution in [-0.4, -0.2) is 48.0 Å². The van der Waals surface area contributed by atoms with E-state index in [4.69, 9.17) is 0 Å². The van der Waals surface area contributed by atoms with Crippen molar-refractivity contribution >= 4 is 29.0 Å². The average molecular weight is 401 g/mol. The average Bonchev–Trinajstić information content (AvgIpc) is 2.80. The maximum absolute atomic E-state index is 12.7. The number of amides is 3. The molecule has 7 heteroatoms. The number of hydrogen-bond donors (Lipinski definition) is 2. The van der Waals surface area contributed by atoms with Gasteiger partial charge < -0.3 is 20.4 Å². The maximum atomic E-state index is 12.7. The van der Waals surface area contributed by atoms with Gasteiger partial charge >= 0.3 is 6.03 Å². The third-order valence-corrected chi connectivity index (χ3v) is 5.00. The van der Waals surface area contributed by atoms with Gasteiger partial charge in [-0.2, -0.15) is 0 Å². The summed E-state index contributed by atoms with van der Waals surface area (Å²) < 4.78 is 0. The molecule has 2 aromatic carbocycles. The molecule has 2 N–H and O–H groups in total. The molecule has 1 fully saturated rings. The van der Waals surface area contributed by atoms with Gasteiger partial charge in [-0.25, -0.2) is 4.79 Å². The minimum atomic E-state index is -0.242. The zero-order valence-corrected chi connectivity index (χ0v) is 16.5. The highest BCUT2D eigenvalue weighted by molar-refractivity contribution is 6.05. The van der Waals surface area contributed by atoms with Crippen LogP contribution in [0.4, 0.5) is 21.9 Å². The fourth-order valence-corrected chi connectivity index (χ4v) is 3.39. The van der Waals surface area contributed by atoms with E-state index in [1.807, 2.05) is 18.2 Å². The Bertz CT molecular complexity index is 1000. The third-order valence-electron chi connectivity index (χ3n) is 5.00. The van der Waals surface area contributed by atoms with Crippen LogP contribution >= 0.6 is 0 Å². The maximum Gasteiger partial charge on any atom is 0.321 e. The molecule has 152 valence electrons. The summed E-state index contributed by atoms with van der Waals surface area (Å²) in [5, 5.41) is 5.72. The summed E-state index contributed by atoms with van der Waals surface area (Å²) in [7, 11) is 0. The molecule has 0 radical (unpaired) electrons. The van der Waals surface area contributed by atoms with E-state index < -0.39 is 0 Å². The molecule has 0 bridgehead atoms. The number of urea groups is 1. The molecular formula is C23H23N5O2. The number of carbonyl (C=O) groups excluding carboxylic acids is 2. The topological polar surface area (TPSA) is 77.6 Å². The first-order chi connectivity index (χ1) is 14.7. The lowest BCUT2D eigenvalue weighted by Crippen LogP contribution is -2.50. The Morgan fingerprint density at radius 2 is 1.50 bits per heavy atom. The van der Waals surface area contributed by atoms with Crippen LogP contribution in [0.15, 0.2) is 79.1 Å². The first-order valence-electron chi connectivity index (χ1n) is 9.86. The van der Waals surface area contributed by atoms with Crippen molar-refractivity contribution in [3.8, 4) is 0 Å². The lowest BCUT2D eigenvalue weighted by molar-refractivity contribution is 0.102. The minimum absolute atomic E-state index is 0.158. The third kappa shape index (κ3) is 4.75. The Morgan fingerprint density at radius 3 is 2.23 bits per heavy atom. The lowest BCUT2D eigenvalue weighted by atomic mass is 10.2. The quantitative estimate of drug-likeness (QED) is 0.699. The van der Waals surface area contributed by atoms with Crippen LogP contribution < -0.4 is 15.5 Å². The summed E-state index contributed by atoms with van der Waals surface area (Å²) in [5.74, 6) is -0.242. The number of pyridine rings is 1. The fourth-order valence-electron chi connectivity index (χ4n) is 3.39. The smallest absolute Gasteiger partial charge is 0.321 e. The molecule has 2 heterocycles. The summed E-state index contributed by atoms with van der Waals surface area (Å²) in [6.07, 6.45) is 3.23. The summed E-state index contributed by atoms with van der Waals surface area (Å²) in [5.41, 5.74) is 2.90. The summed E-state index contributed by atoms with van der Waals surface area (Å²) in [6.45, 7) is 2.85. The molecule has 7 nitrogen and oxygen atoms in total. The van der Waals surface area contributed by atoms with Gasteiger partial charge in [0.15, 0.2) is 0 Å². The van der Waals surface area contributed by atoms with Crippen LogP contribution in [0.1, 0.15) is 10.4 Å². The van der Waals surface area contributed by atoms with E-state index in [0.717, 1.165) is 13.1 Å². The zero-order chi connectivity index (χ0) is 20.8. The Kier molecular flexibility index (Phi) is 5.89. The van der Waals surface area contributed by atoms with E-state index in [1.54, 1.807) is 53.7 Å². The molecule has 1 aromatic heterocycles. The molecule has 0 spiro atoms. The van der Waals surface area contributed by atoms with Gasteiger partial charge in [-0.1, -0.05) is 24.3 Å². The van der Waals surface area contributed by atoms with Gasteiger partial charge in [-0.05, 0) is 42.5 Å². The second-order valence-electron chi connectivity index (χ2n) is 7.01. The number of anilines is 3. The monoisotopic (exact) mass is 401 g/mol. The lowest BCUT2D eigenvalue weighted by Gasteiger charge is -2.36. The number of aromatic nitrogens is 1. The Hall–Kier alpha value is -3.87. The number of para-hydroxylation sites is 1. The number of piperazine rings is 1. The number of rotatable bonds is 4. The minimum Gasteiger partial charge on any atom is -0.368 e. The molecule has 0 saturated carbocycles. The van der Waals surface area contributed by atoms with E-state index in [1.165, 1.54) is 5.69 Å². The van der Waals surface area contributed by atoms with Crippen LogP contribution in [0, 0.1) is 0 Å². The molecule has 1 saturated heterocycles. The molecule has 4 rings (SSSR count). The van der Waals surface area contributed by atoms with Crippen LogP contribution in [0.3, 0.4) is 0 Å².